The summed E-state index contributed by atoms with van der Waals surface area (Å²) in [4.78, 5) is 0. The normalized spacial score (nSPS) is 13.8. The molecular weight excluding hydrogens is 220 g/mol. The zero-order chi connectivity index (χ0) is 13.1. The van der Waals surface area contributed by atoms with Gasteiger partial charge in [-0.05, 0) is 49.1 Å². The molecule has 0 radical (unpaired) electrons. The molecular formula is C14H21F2N. The Bertz CT molecular complexity index is 374. The monoisotopic (exact) mass is 241 g/mol. The van der Waals surface area contributed by atoms with Crippen LogP contribution in [0.25, 0.3) is 0 Å². The Hall–Kier alpha value is -0.960. The molecule has 0 amide bonds. The van der Waals surface area contributed by atoms with E-state index in [0.29, 0.717) is 12.0 Å². The summed E-state index contributed by atoms with van der Waals surface area (Å²) in [5.41, 5.74) is 0.485. The molecule has 3 heteroatoms. The van der Waals surface area contributed by atoms with Crippen LogP contribution in [-0.2, 0) is 6.42 Å². The van der Waals surface area contributed by atoms with Crippen molar-refractivity contribution in [3.05, 3.63) is 35.4 Å². The second kappa shape index (κ2) is 5.58. The summed E-state index contributed by atoms with van der Waals surface area (Å²) in [6, 6.07) is 3.75. The fraction of sp³-hybridized carbons (Fsp3) is 0.571. The molecule has 0 aromatic heterocycles. The molecule has 1 aromatic carbocycles. The highest BCUT2D eigenvalue weighted by Gasteiger charge is 2.27. The van der Waals surface area contributed by atoms with Crippen LogP contribution in [0.1, 0.15) is 32.8 Å². The van der Waals surface area contributed by atoms with Crippen LogP contribution < -0.4 is 5.32 Å². The zero-order valence-corrected chi connectivity index (χ0v) is 11.0. The van der Waals surface area contributed by atoms with E-state index in [-0.39, 0.29) is 23.1 Å². The van der Waals surface area contributed by atoms with Gasteiger partial charge in [0.1, 0.15) is 11.6 Å². The van der Waals surface area contributed by atoms with Crippen molar-refractivity contribution in [3.63, 3.8) is 0 Å². The van der Waals surface area contributed by atoms with Gasteiger partial charge in [0, 0.05) is 6.04 Å². The summed E-state index contributed by atoms with van der Waals surface area (Å²) >= 11 is 0. The van der Waals surface area contributed by atoms with E-state index in [9.17, 15) is 8.78 Å². The van der Waals surface area contributed by atoms with Crippen molar-refractivity contribution in [1.82, 2.24) is 5.32 Å². The van der Waals surface area contributed by atoms with Crippen LogP contribution in [0.2, 0.25) is 0 Å². The van der Waals surface area contributed by atoms with E-state index >= 15 is 0 Å². The van der Waals surface area contributed by atoms with Gasteiger partial charge in [0.15, 0.2) is 0 Å². The van der Waals surface area contributed by atoms with Gasteiger partial charge in [-0.1, -0.05) is 20.8 Å². The lowest BCUT2D eigenvalue weighted by atomic mass is 9.79. The fourth-order valence-electron chi connectivity index (χ4n) is 1.94. The van der Waals surface area contributed by atoms with E-state index in [4.69, 9.17) is 0 Å². The highest BCUT2D eigenvalue weighted by Crippen LogP contribution is 2.27. The van der Waals surface area contributed by atoms with E-state index in [1.807, 2.05) is 7.05 Å². The third kappa shape index (κ3) is 3.50. The van der Waals surface area contributed by atoms with Crippen molar-refractivity contribution in [2.24, 2.45) is 5.41 Å². The van der Waals surface area contributed by atoms with E-state index < -0.39 is 0 Å². The standard InChI is InChI=1S/C14H21F2N/c1-5-14(2,3)13(17-4)9-10-8-11(15)6-7-12(10)16/h6-8,13,17H,5,9H2,1-4H3. The number of hydrogen-bond acceptors (Lipinski definition) is 1. The van der Waals surface area contributed by atoms with Crippen molar-refractivity contribution in [3.8, 4) is 0 Å². The average Bonchev–Trinajstić information content (AvgIpc) is 2.30. The second-order valence-corrected chi connectivity index (χ2v) is 5.12. The van der Waals surface area contributed by atoms with Gasteiger partial charge in [-0.15, -0.1) is 0 Å². The van der Waals surface area contributed by atoms with Crippen LogP contribution in [0.5, 0.6) is 0 Å². The summed E-state index contributed by atoms with van der Waals surface area (Å²) in [6.07, 6.45) is 1.48. The largest absolute Gasteiger partial charge is 0.316 e. The number of halogens is 2. The van der Waals surface area contributed by atoms with Crippen LogP contribution in [-0.4, -0.2) is 13.1 Å². The van der Waals surface area contributed by atoms with Crippen molar-refractivity contribution >= 4 is 0 Å². The minimum absolute atomic E-state index is 0.0491. The predicted octanol–water partition coefficient (Wildman–Crippen LogP) is 3.53. The molecule has 0 aliphatic rings. The van der Waals surface area contributed by atoms with Crippen molar-refractivity contribution in [2.45, 2.75) is 39.7 Å². The van der Waals surface area contributed by atoms with E-state index in [1.165, 1.54) is 12.1 Å². The predicted molar refractivity (Wildman–Crippen MR) is 67.0 cm³/mol. The van der Waals surface area contributed by atoms with Gasteiger partial charge in [0.05, 0.1) is 0 Å². The Morgan fingerprint density at radius 3 is 2.47 bits per heavy atom. The second-order valence-electron chi connectivity index (χ2n) is 5.12. The molecule has 1 atom stereocenters. The molecule has 17 heavy (non-hydrogen) atoms. The first-order chi connectivity index (χ1) is 7.90. The minimum atomic E-state index is -0.384. The number of rotatable bonds is 5. The van der Waals surface area contributed by atoms with Gasteiger partial charge in [-0.3, -0.25) is 0 Å². The van der Waals surface area contributed by atoms with Crippen LogP contribution >= 0.6 is 0 Å². The van der Waals surface area contributed by atoms with Crippen LogP contribution in [0.15, 0.2) is 18.2 Å². The van der Waals surface area contributed by atoms with Gasteiger partial charge in [0.25, 0.3) is 0 Å². The van der Waals surface area contributed by atoms with Crippen molar-refractivity contribution in [1.29, 1.82) is 0 Å². The molecule has 0 bridgehead atoms. The first-order valence-corrected chi connectivity index (χ1v) is 6.02. The summed E-state index contributed by atoms with van der Waals surface area (Å²) in [6.45, 7) is 6.36. The number of benzene rings is 1. The van der Waals surface area contributed by atoms with Crippen LogP contribution in [0.4, 0.5) is 8.78 Å². The Morgan fingerprint density at radius 2 is 1.94 bits per heavy atom. The van der Waals surface area contributed by atoms with Crippen molar-refractivity contribution < 1.29 is 8.78 Å². The quantitative estimate of drug-likeness (QED) is 0.831. The molecule has 0 heterocycles. The van der Waals surface area contributed by atoms with Crippen LogP contribution in [0.3, 0.4) is 0 Å². The minimum Gasteiger partial charge on any atom is -0.316 e. The topological polar surface area (TPSA) is 12.0 Å². The van der Waals surface area contributed by atoms with E-state index in [1.54, 1.807) is 0 Å². The molecule has 1 nitrogen and oxygen atoms in total. The molecule has 0 fully saturated rings. The lowest BCUT2D eigenvalue weighted by molar-refractivity contribution is 0.239. The molecule has 1 aromatic rings. The Balaban J connectivity index is 2.91. The Labute approximate surface area is 102 Å². The fourth-order valence-corrected chi connectivity index (χ4v) is 1.94. The summed E-state index contributed by atoms with van der Waals surface area (Å²) < 4.78 is 26.7. The molecule has 1 N–H and O–H groups in total. The van der Waals surface area contributed by atoms with Gasteiger partial charge in [-0.25, -0.2) is 8.78 Å². The number of likely N-dealkylation sites (N-methyl/N-ethyl adjacent to an activating group) is 1. The SMILES string of the molecule is CCC(C)(C)C(Cc1cc(F)ccc1F)NC. The molecule has 0 aliphatic heterocycles. The zero-order valence-electron chi connectivity index (χ0n) is 11.0. The van der Waals surface area contributed by atoms with Crippen molar-refractivity contribution in [2.75, 3.05) is 7.05 Å². The summed E-state index contributed by atoms with van der Waals surface area (Å²) in [5.74, 6) is -0.718. The molecule has 0 spiro atoms. The Kier molecular flexibility index (Phi) is 4.63. The molecule has 96 valence electrons. The lowest BCUT2D eigenvalue weighted by Gasteiger charge is -2.33. The highest BCUT2D eigenvalue weighted by atomic mass is 19.1. The Morgan fingerprint density at radius 1 is 1.29 bits per heavy atom. The van der Waals surface area contributed by atoms with Gasteiger partial charge in [0.2, 0.25) is 0 Å². The first kappa shape index (κ1) is 14.1. The lowest BCUT2D eigenvalue weighted by Crippen LogP contribution is -2.41. The maximum Gasteiger partial charge on any atom is 0.126 e. The van der Waals surface area contributed by atoms with Gasteiger partial charge >= 0.3 is 0 Å². The third-order valence-electron chi connectivity index (χ3n) is 3.63. The molecule has 1 rings (SSSR count). The number of hydrogen-bond donors (Lipinski definition) is 1. The molecule has 0 aliphatic carbocycles. The smallest absolute Gasteiger partial charge is 0.126 e. The summed E-state index contributed by atoms with van der Waals surface area (Å²) in [5, 5.41) is 3.20. The van der Waals surface area contributed by atoms with E-state index in [2.05, 4.69) is 26.1 Å². The maximum atomic E-state index is 13.6. The third-order valence-corrected chi connectivity index (χ3v) is 3.63. The van der Waals surface area contributed by atoms with Gasteiger partial charge in [-0.2, -0.15) is 0 Å². The molecule has 0 saturated carbocycles. The van der Waals surface area contributed by atoms with Crippen LogP contribution in [0, 0.1) is 17.0 Å². The van der Waals surface area contributed by atoms with E-state index in [0.717, 1.165) is 12.5 Å². The maximum absolute atomic E-state index is 13.6. The van der Waals surface area contributed by atoms with Gasteiger partial charge < -0.3 is 5.32 Å². The molecule has 0 saturated heterocycles. The summed E-state index contributed by atoms with van der Waals surface area (Å²) in [7, 11) is 1.86. The molecule has 1 unspecified atom stereocenters. The highest BCUT2D eigenvalue weighted by molar-refractivity contribution is 5.20. The average molecular weight is 241 g/mol. The first-order valence-electron chi connectivity index (χ1n) is 6.02. The number of nitrogens with one attached hydrogen (secondary N) is 1.